The number of nitrogens with zero attached hydrogens (tertiary/aromatic N) is 2. The molecule has 0 aromatic heterocycles. The SMILES string of the molecule is COC1CCN(CCCN2C(=O)NC3(CC(C)(C)Oc4ccc(C)cc43)C2=O)CC1. The lowest BCUT2D eigenvalue weighted by atomic mass is 9.77. The van der Waals surface area contributed by atoms with Gasteiger partial charge in [-0.15, -0.1) is 0 Å². The first-order valence-corrected chi connectivity index (χ1v) is 10.9. The van der Waals surface area contributed by atoms with Crippen LogP contribution in [0.15, 0.2) is 18.2 Å². The molecule has 0 saturated carbocycles. The highest BCUT2D eigenvalue weighted by molar-refractivity contribution is 6.08. The van der Waals surface area contributed by atoms with Gasteiger partial charge in [-0.2, -0.15) is 0 Å². The second-order valence-electron chi connectivity index (χ2n) is 9.46. The molecule has 1 aromatic carbocycles. The molecule has 1 spiro atoms. The molecule has 3 amide bonds. The van der Waals surface area contributed by atoms with Crippen LogP contribution < -0.4 is 10.1 Å². The van der Waals surface area contributed by atoms with Crippen LogP contribution in [0.5, 0.6) is 5.75 Å². The third-order valence-electron chi connectivity index (χ3n) is 6.57. The molecule has 4 rings (SSSR count). The van der Waals surface area contributed by atoms with E-state index in [1.165, 1.54) is 4.90 Å². The van der Waals surface area contributed by atoms with E-state index in [-0.39, 0.29) is 11.9 Å². The second kappa shape index (κ2) is 7.85. The molecule has 7 heteroatoms. The van der Waals surface area contributed by atoms with E-state index in [9.17, 15) is 9.59 Å². The van der Waals surface area contributed by atoms with Crippen molar-refractivity contribution in [3.05, 3.63) is 29.3 Å². The third-order valence-corrected chi connectivity index (χ3v) is 6.57. The Kier molecular flexibility index (Phi) is 5.53. The lowest BCUT2D eigenvalue weighted by Crippen LogP contribution is -2.53. The topological polar surface area (TPSA) is 71.1 Å². The highest BCUT2D eigenvalue weighted by Crippen LogP contribution is 2.46. The van der Waals surface area contributed by atoms with Gasteiger partial charge < -0.3 is 19.7 Å². The molecule has 2 saturated heterocycles. The standard InChI is InChI=1S/C23H33N3O4/c1-16-6-7-19-18(14-16)23(15-22(2,3)30-19)20(27)26(21(28)24-23)11-5-10-25-12-8-17(29-4)9-13-25/h6-7,14,17H,5,8-13,15H2,1-4H3,(H,24,28). The smallest absolute Gasteiger partial charge is 0.325 e. The first-order valence-electron chi connectivity index (χ1n) is 10.9. The van der Waals surface area contributed by atoms with E-state index in [1.807, 2.05) is 39.0 Å². The molecule has 2 fully saturated rings. The van der Waals surface area contributed by atoms with Gasteiger partial charge in [-0.3, -0.25) is 9.69 Å². The van der Waals surface area contributed by atoms with Gasteiger partial charge in [0.25, 0.3) is 5.91 Å². The van der Waals surface area contributed by atoms with E-state index in [0.29, 0.717) is 24.8 Å². The average Bonchev–Trinajstić information content (AvgIpc) is 2.93. The summed E-state index contributed by atoms with van der Waals surface area (Å²) in [7, 11) is 1.77. The van der Waals surface area contributed by atoms with Crippen LogP contribution in [0.3, 0.4) is 0 Å². The number of hydrogen-bond donors (Lipinski definition) is 1. The molecule has 0 bridgehead atoms. The summed E-state index contributed by atoms with van der Waals surface area (Å²) >= 11 is 0. The molecular weight excluding hydrogens is 382 g/mol. The van der Waals surface area contributed by atoms with Gasteiger partial charge in [0.05, 0.1) is 6.10 Å². The quantitative estimate of drug-likeness (QED) is 0.749. The number of amides is 3. The van der Waals surface area contributed by atoms with Gasteiger partial charge in [0.2, 0.25) is 0 Å². The highest BCUT2D eigenvalue weighted by atomic mass is 16.5. The summed E-state index contributed by atoms with van der Waals surface area (Å²) in [5.74, 6) is 0.516. The summed E-state index contributed by atoms with van der Waals surface area (Å²) in [4.78, 5) is 30.2. The predicted octanol–water partition coefficient (Wildman–Crippen LogP) is 2.80. The van der Waals surface area contributed by atoms with Gasteiger partial charge in [-0.1, -0.05) is 11.6 Å². The fraction of sp³-hybridized carbons (Fsp3) is 0.652. The molecule has 1 unspecified atom stereocenters. The minimum Gasteiger partial charge on any atom is -0.487 e. The van der Waals surface area contributed by atoms with Crippen LogP contribution in [-0.4, -0.2) is 66.7 Å². The van der Waals surface area contributed by atoms with E-state index in [1.54, 1.807) is 7.11 Å². The molecule has 1 atom stereocenters. The predicted molar refractivity (Wildman–Crippen MR) is 114 cm³/mol. The fourth-order valence-electron chi connectivity index (χ4n) is 5.09. The number of fused-ring (bicyclic) bond motifs is 2. The number of imide groups is 1. The van der Waals surface area contributed by atoms with Gasteiger partial charge in [0, 0.05) is 38.7 Å². The number of ether oxygens (including phenoxy) is 2. The third kappa shape index (κ3) is 3.81. The first-order chi connectivity index (χ1) is 14.2. The summed E-state index contributed by atoms with van der Waals surface area (Å²) in [5.41, 5.74) is 0.213. The summed E-state index contributed by atoms with van der Waals surface area (Å²) in [6.45, 7) is 9.22. The van der Waals surface area contributed by atoms with E-state index >= 15 is 0 Å². The summed E-state index contributed by atoms with van der Waals surface area (Å²) in [5, 5.41) is 3.04. The zero-order chi connectivity index (χ0) is 21.5. The molecule has 0 radical (unpaired) electrons. The Morgan fingerprint density at radius 1 is 1.20 bits per heavy atom. The average molecular weight is 416 g/mol. The number of rotatable bonds is 5. The van der Waals surface area contributed by atoms with Crippen molar-refractivity contribution in [2.75, 3.05) is 33.3 Å². The van der Waals surface area contributed by atoms with Crippen molar-refractivity contribution in [1.82, 2.24) is 15.1 Å². The lowest BCUT2D eigenvalue weighted by Gasteiger charge is -2.42. The number of carbonyl (C=O) groups is 2. The molecule has 0 aliphatic carbocycles. The number of aryl methyl sites for hydroxylation is 1. The molecular formula is C23H33N3O4. The number of benzene rings is 1. The molecule has 3 heterocycles. The van der Waals surface area contributed by atoms with E-state index in [2.05, 4.69) is 10.2 Å². The molecule has 7 nitrogen and oxygen atoms in total. The van der Waals surface area contributed by atoms with Crippen molar-refractivity contribution >= 4 is 11.9 Å². The minimum absolute atomic E-state index is 0.159. The Hall–Kier alpha value is -2.12. The van der Waals surface area contributed by atoms with Gasteiger partial charge in [-0.25, -0.2) is 4.79 Å². The maximum absolute atomic E-state index is 13.6. The molecule has 164 valence electrons. The highest BCUT2D eigenvalue weighted by Gasteiger charge is 2.58. The maximum atomic E-state index is 13.6. The van der Waals surface area contributed by atoms with Crippen LogP contribution in [0.25, 0.3) is 0 Å². The Morgan fingerprint density at radius 2 is 1.93 bits per heavy atom. The van der Waals surface area contributed by atoms with Crippen molar-refractivity contribution < 1.29 is 19.1 Å². The number of nitrogens with one attached hydrogen (secondary N) is 1. The Balaban J connectivity index is 1.47. The van der Waals surface area contributed by atoms with Crippen molar-refractivity contribution in [3.8, 4) is 5.75 Å². The zero-order valence-electron chi connectivity index (χ0n) is 18.5. The maximum Gasteiger partial charge on any atom is 0.325 e. The van der Waals surface area contributed by atoms with Crippen LogP contribution in [0.1, 0.15) is 50.7 Å². The van der Waals surface area contributed by atoms with Crippen molar-refractivity contribution in [3.63, 3.8) is 0 Å². The Morgan fingerprint density at radius 3 is 2.63 bits per heavy atom. The van der Waals surface area contributed by atoms with Crippen LogP contribution in [0, 0.1) is 6.92 Å². The molecule has 1 aromatic rings. The summed E-state index contributed by atoms with van der Waals surface area (Å²) in [6.07, 6.45) is 3.62. The van der Waals surface area contributed by atoms with Crippen LogP contribution >= 0.6 is 0 Å². The molecule has 3 aliphatic heterocycles. The lowest BCUT2D eigenvalue weighted by molar-refractivity contribution is -0.134. The summed E-state index contributed by atoms with van der Waals surface area (Å²) < 4.78 is 11.5. The fourth-order valence-corrected chi connectivity index (χ4v) is 5.09. The van der Waals surface area contributed by atoms with Gasteiger partial charge in [-0.05, 0) is 58.7 Å². The molecule has 3 aliphatic rings. The minimum atomic E-state index is -1.04. The van der Waals surface area contributed by atoms with Crippen LogP contribution in [0.2, 0.25) is 0 Å². The van der Waals surface area contributed by atoms with E-state index < -0.39 is 11.1 Å². The van der Waals surface area contributed by atoms with Crippen LogP contribution in [0.4, 0.5) is 4.79 Å². The van der Waals surface area contributed by atoms with Gasteiger partial charge >= 0.3 is 6.03 Å². The number of hydrogen-bond acceptors (Lipinski definition) is 5. The van der Waals surface area contributed by atoms with Crippen molar-refractivity contribution in [2.45, 2.75) is 63.7 Å². The number of piperidine rings is 1. The second-order valence-corrected chi connectivity index (χ2v) is 9.46. The number of carbonyl (C=O) groups excluding carboxylic acids is 2. The number of urea groups is 1. The number of methoxy groups -OCH3 is 1. The normalized spacial score (nSPS) is 26.6. The number of likely N-dealkylation sites (tertiary alicyclic amines) is 1. The van der Waals surface area contributed by atoms with Crippen LogP contribution in [-0.2, 0) is 15.1 Å². The Labute approximate surface area is 178 Å². The monoisotopic (exact) mass is 415 g/mol. The van der Waals surface area contributed by atoms with Gasteiger partial charge in [0.1, 0.15) is 11.4 Å². The molecule has 1 N–H and O–H groups in total. The van der Waals surface area contributed by atoms with Gasteiger partial charge in [0.15, 0.2) is 5.54 Å². The molecule has 30 heavy (non-hydrogen) atoms. The van der Waals surface area contributed by atoms with Crippen molar-refractivity contribution in [1.29, 1.82) is 0 Å². The summed E-state index contributed by atoms with van der Waals surface area (Å²) in [6, 6.07) is 5.54. The van der Waals surface area contributed by atoms with Crippen molar-refractivity contribution in [2.24, 2.45) is 0 Å². The van der Waals surface area contributed by atoms with E-state index in [0.717, 1.165) is 50.0 Å². The zero-order valence-corrected chi connectivity index (χ0v) is 18.5. The van der Waals surface area contributed by atoms with E-state index in [4.69, 9.17) is 9.47 Å². The first kappa shape index (κ1) is 21.1. The largest absolute Gasteiger partial charge is 0.487 e. The Bertz CT molecular complexity index is 832.